The predicted molar refractivity (Wildman–Crippen MR) is 86.0 cm³/mol. The Kier molecular flexibility index (Phi) is 5.94. The molecule has 0 aromatic heterocycles. The van der Waals surface area contributed by atoms with E-state index >= 15 is 0 Å². The second-order valence-corrected chi connectivity index (χ2v) is 6.17. The summed E-state index contributed by atoms with van der Waals surface area (Å²) < 4.78 is 5.79. The number of nitrogens with zero attached hydrogens (tertiary/aromatic N) is 2. The molecule has 22 heavy (non-hydrogen) atoms. The van der Waals surface area contributed by atoms with Crippen LogP contribution in [-0.2, 0) is 9.53 Å². The highest BCUT2D eigenvalue weighted by molar-refractivity contribution is 5.69. The standard InChI is InChI=1S/C17H26N2O3/c1-13-5-4-6-15(9-13)14(2)19-7-8-22-16(11-19)10-18(3)12-17(20)21/h4-6,9,14,16H,7-8,10-12H2,1-3H3,(H,20,21). The highest BCUT2D eigenvalue weighted by Crippen LogP contribution is 2.23. The lowest BCUT2D eigenvalue weighted by molar-refractivity contribution is -0.138. The van der Waals surface area contributed by atoms with Gasteiger partial charge in [-0.05, 0) is 26.5 Å². The van der Waals surface area contributed by atoms with E-state index in [1.54, 1.807) is 4.90 Å². The van der Waals surface area contributed by atoms with Crippen molar-refractivity contribution in [3.05, 3.63) is 35.4 Å². The lowest BCUT2D eigenvalue weighted by Gasteiger charge is -2.38. The smallest absolute Gasteiger partial charge is 0.317 e. The van der Waals surface area contributed by atoms with Gasteiger partial charge < -0.3 is 9.84 Å². The number of morpholine rings is 1. The molecule has 1 aliphatic heterocycles. The quantitative estimate of drug-likeness (QED) is 0.868. The van der Waals surface area contributed by atoms with Crippen LogP contribution in [0.4, 0.5) is 0 Å². The Bertz CT molecular complexity index is 506. The zero-order chi connectivity index (χ0) is 16.1. The number of ether oxygens (including phenoxy) is 1. The van der Waals surface area contributed by atoms with Crippen LogP contribution in [0.3, 0.4) is 0 Å². The van der Waals surface area contributed by atoms with Crippen LogP contribution in [0.1, 0.15) is 24.1 Å². The number of aliphatic carboxylic acids is 1. The first-order valence-electron chi connectivity index (χ1n) is 7.78. The molecule has 0 radical (unpaired) electrons. The summed E-state index contributed by atoms with van der Waals surface area (Å²) in [6.07, 6.45) is 0.0605. The Morgan fingerprint density at radius 2 is 2.32 bits per heavy atom. The van der Waals surface area contributed by atoms with Crippen LogP contribution in [-0.4, -0.2) is 66.8 Å². The number of carboxylic acid groups (broad SMARTS) is 1. The van der Waals surface area contributed by atoms with Crippen LogP contribution in [0.25, 0.3) is 0 Å². The summed E-state index contributed by atoms with van der Waals surface area (Å²) in [6.45, 7) is 7.46. The largest absolute Gasteiger partial charge is 0.480 e. The van der Waals surface area contributed by atoms with E-state index < -0.39 is 5.97 Å². The van der Waals surface area contributed by atoms with Gasteiger partial charge in [-0.3, -0.25) is 14.6 Å². The van der Waals surface area contributed by atoms with E-state index in [4.69, 9.17) is 9.84 Å². The Labute approximate surface area is 132 Å². The second-order valence-electron chi connectivity index (χ2n) is 6.17. The summed E-state index contributed by atoms with van der Waals surface area (Å²) >= 11 is 0. The fourth-order valence-electron chi connectivity index (χ4n) is 2.99. The van der Waals surface area contributed by atoms with E-state index in [0.29, 0.717) is 19.2 Å². The van der Waals surface area contributed by atoms with Crippen molar-refractivity contribution in [1.82, 2.24) is 9.80 Å². The third-order valence-electron chi connectivity index (χ3n) is 4.16. The zero-order valence-corrected chi connectivity index (χ0v) is 13.7. The topological polar surface area (TPSA) is 53.0 Å². The molecule has 5 heteroatoms. The summed E-state index contributed by atoms with van der Waals surface area (Å²) in [5, 5.41) is 8.84. The number of hydrogen-bond donors (Lipinski definition) is 1. The van der Waals surface area contributed by atoms with Crippen LogP contribution >= 0.6 is 0 Å². The van der Waals surface area contributed by atoms with Gasteiger partial charge in [0.05, 0.1) is 19.3 Å². The average molecular weight is 306 g/mol. The van der Waals surface area contributed by atoms with Crippen LogP contribution in [0.15, 0.2) is 24.3 Å². The first-order valence-corrected chi connectivity index (χ1v) is 7.78. The van der Waals surface area contributed by atoms with E-state index in [0.717, 1.165) is 13.1 Å². The summed E-state index contributed by atoms with van der Waals surface area (Å²) in [6, 6.07) is 8.94. The molecule has 5 nitrogen and oxygen atoms in total. The second kappa shape index (κ2) is 7.72. The number of likely N-dealkylation sites (N-methyl/N-ethyl adjacent to an activating group) is 1. The van der Waals surface area contributed by atoms with Gasteiger partial charge in [-0.2, -0.15) is 0 Å². The van der Waals surface area contributed by atoms with E-state index in [-0.39, 0.29) is 12.6 Å². The molecule has 2 rings (SSSR count). The van der Waals surface area contributed by atoms with E-state index in [2.05, 4.69) is 43.0 Å². The first kappa shape index (κ1) is 16.9. The number of hydrogen-bond acceptors (Lipinski definition) is 4. The lowest BCUT2D eigenvalue weighted by atomic mass is 10.0. The van der Waals surface area contributed by atoms with Crippen molar-refractivity contribution >= 4 is 5.97 Å². The molecule has 1 aliphatic rings. The van der Waals surface area contributed by atoms with E-state index in [1.165, 1.54) is 11.1 Å². The van der Waals surface area contributed by atoms with Crippen molar-refractivity contribution in [3.8, 4) is 0 Å². The molecule has 0 spiro atoms. The summed E-state index contributed by atoms with van der Waals surface area (Å²) in [5.41, 5.74) is 2.59. The van der Waals surface area contributed by atoms with Gasteiger partial charge in [-0.25, -0.2) is 0 Å². The highest BCUT2D eigenvalue weighted by Gasteiger charge is 2.26. The number of benzene rings is 1. The minimum atomic E-state index is -0.803. The van der Waals surface area contributed by atoms with E-state index in [1.807, 2.05) is 7.05 Å². The molecule has 0 aliphatic carbocycles. The number of carbonyl (C=O) groups is 1. The molecule has 1 N–H and O–H groups in total. The Morgan fingerprint density at radius 3 is 3.00 bits per heavy atom. The Morgan fingerprint density at radius 1 is 1.55 bits per heavy atom. The third kappa shape index (κ3) is 4.80. The summed E-state index contributed by atoms with van der Waals surface area (Å²) in [4.78, 5) is 15.0. The van der Waals surface area contributed by atoms with Crippen molar-refractivity contribution in [2.75, 3.05) is 39.8 Å². The molecule has 0 saturated carbocycles. The van der Waals surface area contributed by atoms with Gasteiger partial charge in [0.1, 0.15) is 0 Å². The molecule has 1 fully saturated rings. The Hall–Kier alpha value is -1.43. The molecular formula is C17H26N2O3. The molecule has 0 amide bonds. The van der Waals surface area contributed by atoms with Crippen LogP contribution in [0.2, 0.25) is 0 Å². The van der Waals surface area contributed by atoms with Crippen molar-refractivity contribution in [2.24, 2.45) is 0 Å². The number of rotatable bonds is 6. The fraction of sp³-hybridized carbons (Fsp3) is 0.588. The van der Waals surface area contributed by atoms with Gasteiger partial charge in [0.15, 0.2) is 0 Å². The minimum absolute atomic E-state index is 0.0489. The number of carboxylic acids is 1. The molecule has 2 atom stereocenters. The molecule has 1 heterocycles. The fourth-order valence-corrected chi connectivity index (χ4v) is 2.99. The van der Waals surface area contributed by atoms with Crippen LogP contribution in [0.5, 0.6) is 0 Å². The normalized spacial score (nSPS) is 21.0. The summed E-state index contributed by atoms with van der Waals surface area (Å²) in [7, 11) is 1.82. The number of aryl methyl sites for hydroxylation is 1. The van der Waals surface area contributed by atoms with Crippen molar-refractivity contribution in [1.29, 1.82) is 0 Å². The molecular weight excluding hydrogens is 280 g/mol. The first-order chi connectivity index (χ1) is 10.5. The van der Waals surface area contributed by atoms with Crippen LogP contribution < -0.4 is 0 Å². The van der Waals surface area contributed by atoms with Crippen LogP contribution in [0, 0.1) is 6.92 Å². The lowest BCUT2D eigenvalue weighted by Crippen LogP contribution is -2.48. The maximum Gasteiger partial charge on any atom is 0.317 e. The zero-order valence-electron chi connectivity index (χ0n) is 13.7. The maximum absolute atomic E-state index is 10.7. The predicted octanol–water partition coefficient (Wildman–Crippen LogP) is 1.77. The Balaban J connectivity index is 1.93. The molecule has 1 saturated heterocycles. The van der Waals surface area contributed by atoms with Gasteiger partial charge in [0, 0.05) is 25.7 Å². The van der Waals surface area contributed by atoms with Gasteiger partial charge in [-0.1, -0.05) is 29.8 Å². The summed E-state index contributed by atoms with van der Waals surface area (Å²) in [5.74, 6) is -0.803. The van der Waals surface area contributed by atoms with Crippen molar-refractivity contribution < 1.29 is 14.6 Å². The SMILES string of the molecule is Cc1cccc(C(C)N2CCOC(CN(C)CC(=O)O)C2)c1. The van der Waals surface area contributed by atoms with Gasteiger partial charge in [-0.15, -0.1) is 0 Å². The average Bonchev–Trinajstić information content (AvgIpc) is 2.45. The maximum atomic E-state index is 10.7. The molecule has 1 aromatic rings. The minimum Gasteiger partial charge on any atom is -0.480 e. The molecule has 1 aromatic carbocycles. The molecule has 0 bridgehead atoms. The van der Waals surface area contributed by atoms with E-state index in [9.17, 15) is 4.79 Å². The van der Waals surface area contributed by atoms with Gasteiger partial charge >= 0.3 is 5.97 Å². The van der Waals surface area contributed by atoms with Crippen molar-refractivity contribution in [2.45, 2.75) is 26.0 Å². The van der Waals surface area contributed by atoms with Crippen molar-refractivity contribution in [3.63, 3.8) is 0 Å². The van der Waals surface area contributed by atoms with Gasteiger partial charge in [0.2, 0.25) is 0 Å². The molecule has 2 unspecified atom stereocenters. The highest BCUT2D eigenvalue weighted by atomic mass is 16.5. The third-order valence-corrected chi connectivity index (χ3v) is 4.16. The monoisotopic (exact) mass is 306 g/mol. The molecule has 122 valence electrons. The van der Waals surface area contributed by atoms with Gasteiger partial charge in [0.25, 0.3) is 0 Å².